The van der Waals surface area contributed by atoms with Crippen LogP contribution in [0.15, 0.2) is 0 Å². The lowest BCUT2D eigenvalue weighted by molar-refractivity contribution is 0.294. The van der Waals surface area contributed by atoms with Gasteiger partial charge < -0.3 is 4.90 Å². The minimum atomic E-state index is -3.38. The van der Waals surface area contributed by atoms with Crippen LogP contribution in [0.4, 0.5) is 0 Å². The Morgan fingerprint density at radius 3 is 2.05 bits per heavy atom. The highest BCUT2D eigenvalue weighted by molar-refractivity contribution is 7.86. The summed E-state index contributed by atoms with van der Waals surface area (Å²) in [6.07, 6.45) is 0.667. The molecule has 0 heterocycles. The molecular weight excluding hydrogens is 286 g/mol. The second-order valence-electron chi connectivity index (χ2n) is 5.43. The Bertz CT molecular complexity index is 334. The van der Waals surface area contributed by atoms with Crippen molar-refractivity contribution in [2.45, 2.75) is 20.3 Å². The van der Waals surface area contributed by atoms with Gasteiger partial charge in [0.1, 0.15) is 0 Å². The van der Waals surface area contributed by atoms with E-state index in [2.05, 4.69) is 0 Å². The molecule has 5 nitrogen and oxygen atoms in total. The molecule has 19 heavy (non-hydrogen) atoms. The molecular formula is C12H28ClN3O2S. The van der Waals surface area contributed by atoms with Gasteiger partial charge in [-0.25, -0.2) is 0 Å². The summed E-state index contributed by atoms with van der Waals surface area (Å²) in [5, 5.41) is 0. The van der Waals surface area contributed by atoms with Gasteiger partial charge in [-0.05, 0) is 26.4 Å². The first-order valence-electron chi connectivity index (χ1n) is 6.64. The molecule has 0 aliphatic carbocycles. The van der Waals surface area contributed by atoms with E-state index in [1.165, 1.54) is 4.31 Å². The maximum atomic E-state index is 12.5. The van der Waals surface area contributed by atoms with Crippen molar-refractivity contribution in [1.82, 2.24) is 13.5 Å². The van der Waals surface area contributed by atoms with E-state index in [1.54, 1.807) is 11.4 Å². The summed E-state index contributed by atoms with van der Waals surface area (Å²) in [6, 6.07) is 0. The van der Waals surface area contributed by atoms with Crippen molar-refractivity contribution in [2.75, 3.05) is 53.2 Å². The van der Waals surface area contributed by atoms with Crippen molar-refractivity contribution in [1.29, 1.82) is 0 Å². The molecule has 0 amide bonds. The largest absolute Gasteiger partial charge is 0.308 e. The lowest BCUT2D eigenvalue weighted by atomic mass is 10.2. The van der Waals surface area contributed by atoms with Gasteiger partial charge in [0.25, 0.3) is 10.2 Å². The summed E-state index contributed by atoms with van der Waals surface area (Å²) in [5.41, 5.74) is 0. The predicted octanol–water partition coefficient (Wildman–Crippen LogP) is 1.31. The third kappa shape index (κ3) is 7.46. The monoisotopic (exact) mass is 313 g/mol. The third-order valence-corrected chi connectivity index (χ3v) is 4.91. The van der Waals surface area contributed by atoms with Gasteiger partial charge in [0.2, 0.25) is 0 Å². The normalized spacial score (nSPS) is 13.2. The van der Waals surface area contributed by atoms with Crippen LogP contribution < -0.4 is 0 Å². The fourth-order valence-corrected chi connectivity index (χ4v) is 3.29. The Balaban J connectivity index is 4.79. The van der Waals surface area contributed by atoms with Crippen molar-refractivity contribution in [3.63, 3.8) is 0 Å². The van der Waals surface area contributed by atoms with Crippen molar-refractivity contribution >= 4 is 21.8 Å². The molecule has 0 aromatic carbocycles. The van der Waals surface area contributed by atoms with Gasteiger partial charge in [-0.3, -0.25) is 0 Å². The van der Waals surface area contributed by atoms with Crippen molar-refractivity contribution in [3.8, 4) is 0 Å². The lowest BCUT2D eigenvalue weighted by Crippen LogP contribution is -2.46. The number of nitrogens with zero attached hydrogens (tertiary/aromatic N) is 3. The first kappa shape index (κ1) is 19.1. The second-order valence-corrected chi connectivity index (χ2v) is 7.84. The average Bonchev–Trinajstić information content (AvgIpc) is 2.30. The maximum Gasteiger partial charge on any atom is 0.281 e. The Morgan fingerprint density at radius 1 is 1.05 bits per heavy atom. The Labute approximate surface area is 123 Å². The van der Waals surface area contributed by atoms with Gasteiger partial charge in [0, 0.05) is 39.1 Å². The number of hydrogen-bond donors (Lipinski definition) is 0. The van der Waals surface area contributed by atoms with Crippen LogP contribution in [0.2, 0.25) is 0 Å². The van der Waals surface area contributed by atoms with Crippen LogP contribution >= 0.6 is 11.6 Å². The molecule has 0 bridgehead atoms. The Kier molecular flexibility index (Phi) is 9.19. The van der Waals surface area contributed by atoms with Crippen molar-refractivity contribution in [2.24, 2.45) is 5.92 Å². The average molecular weight is 314 g/mol. The Hall–Kier alpha value is 0.120. The number of rotatable bonds is 10. The SMILES string of the molecule is CC(C)CN(CCN(C)C)S(=O)(=O)N(C)CCCCl. The standard InChI is InChI=1S/C12H28ClN3O2S/c1-12(2)11-16(10-9-14(3)4)19(17,18)15(5)8-6-7-13/h12H,6-11H2,1-5H3. The molecule has 0 saturated heterocycles. The fraction of sp³-hybridized carbons (Fsp3) is 1.00. The number of hydrogen-bond acceptors (Lipinski definition) is 3. The van der Waals surface area contributed by atoms with E-state index >= 15 is 0 Å². The van der Waals surface area contributed by atoms with E-state index < -0.39 is 10.2 Å². The first-order chi connectivity index (χ1) is 8.71. The number of halogens is 1. The van der Waals surface area contributed by atoms with E-state index in [-0.39, 0.29) is 0 Å². The minimum Gasteiger partial charge on any atom is -0.308 e. The summed E-state index contributed by atoms with van der Waals surface area (Å²) >= 11 is 5.62. The first-order valence-corrected chi connectivity index (χ1v) is 8.57. The molecule has 0 rings (SSSR count). The molecule has 0 radical (unpaired) electrons. The van der Waals surface area contributed by atoms with Crippen LogP contribution in [0.5, 0.6) is 0 Å². The predicted molar refractivity (Wildman–Crippen MR) is 81.9 cm³/mol. The summed E-state index contributed by atoms with van der Waals surface area (Å²) < 4.78 is 27.9. The molecule has 0 atom stereocenters. The topological polar surface area (TPSA) is 43.9 Å². The number of alkyl halides is 1. The molecule has 0 aliphatic heterocycles. The van der Waals surface area contributed by atoms with E-state index in [1.807, 2.05) is 32.8 Å². The van der Waals surface area contributed by atoms with E-state index in [9.17, 15) is 8.42 Å². The quantitative estimate of drug-likeness (QED) is 0.571. The highest BCUT2D eigenvalue weighted by atomic mass is 35.5. The van der Waals surface area contributed by atoms with Gasteiger partial charge in [-0.2, -0.15) is 17.0 Å². The van der Waals surface area contributed by atoms with E-state index in [0.29, 0.717) is 37.9 Å². The third-order valence-electron chi connectivity index (χ3n) is 2.69. The number of likely N-dealkylation sites (N-methyl/N-ethyl adjacent to an activating group) is 1. The molecule has 7 heteroatoms. The molecule has 0 saturated carbocycles. The minimum absolute atomic E-state index is 0.304. The van der Waals surface area contributed by atoms with Gasteiger partial charge >= 0.3 is 0 Å². The smallest absolute Gasteiger partial charge is 0.281 e. The van der Waals surface area contributed by atoms with E-state index in [0.717, 1.165) is 6.54 Å². The van der Waals surface area contributed by atoms with E-state index in [4.69, 9.17) is 11.6 Å². The van der Waals surface area contributed by atoms with Crippen LogP contribution in [0.25, 0.3) is 0 Å². The van der Waals surface area contributed by atoms with Crippen LogP contribution in [-0.2, 0) is 10.2 Å². The zero-order valence-corrected chi connectivity index (χ0v) is 14.3. The zero-order chi connectivity index (χ0) is 15.1. The molecule has 0 unspecified atom stereocenters. The second kappa shape index (κ2) is 9.13. The van der Waals surface area contributed by atoms with Crippen LogP contribution in [-0.4, -0.2) is 75.1 Å². The van der Waals surface area contributed by atoms with Crippen LogP contribution in [0, 0.1) is 5.92 Å². The highest BCUT2D eigenvalue weighted by Crippen LogP contribution is 2.10. The zero-order valence-electron chi connectivity index (χ0n) is 12.8. The van der Waals surface area contributed by atoms with Crippen molar-refractivity contribution in [3.05, 3.63) is 0 Å². The summed E-state index contributed by atoms with van der Waals surface area (Å²) in [5.74, 6) is 0.778. The van der Waals surface area contributed by atoms with Gasteiger partial charge in [-0.1, -0.05) is 13.8 Å². The Morgan fingerprint density at radius 2 is 1.63 bits per heavy atom. The van der Waals surface area contributed by atoms with Gasteiger partial charge in [0.05, 0.1) is 0 Å². The summed E-state index contributed by atoms with van der Waals surface area (Å²) in [7, 11) is 2.12. The molecule has 0 spiro atoms. The van der Waals surface area contributed by atoms with Gasteiger partial charge in [-0.15, -0.1) is 11.6 Å². The molecule has 0 N–H and O–H groups in total. The fourth-order valence-electron chi connectivity index (χ4n) is 1.61. The van der Waals surface area contributed by atoms with Gasteiger partial charge in [0.15, 0.2) is 0 Å². The van der Waals surface area contributed by atoms with Crippen LogP contribution in [0.3, 0.4) is 0 Å². The van der Waals surface area contributed by atoms with Crippen molar-refractivity contribution < 1.29 is 8.42 Å². The molecule has 0 aliphatic rings. The maximum absolute atomic E-state index is 12.5. The molecule has 0 aromatic heterocycles. The van der Waals surface area contributed by atoms with Crippen LogP contribution in [0.1, 0.15) is 20.3 Å². The summed E-state index contributed by atoms with van der Waals surface area (Å²) in [4.78, 5) is 1.99. The lowest BCUT2D eigenvalue weighted by Gasteiger charge is -2.29. The highest BCUT2D eigenvalue weighted by Gasteiger charge is 2.26. The molecule has 0 aromatic rings. The summed E-state index contributed by atoms with van der Waals surface area (Å²) in [6.45, 7) is 6.28. The molecule has 0 fully saturated rings. The molecule has 116 valence electrons.